The van der Waals surface area contributed by atoms with E-state index < -0.39 is 18.6 Å². The molecule has 0 bridgehead atoms. The number of amides is 1. The molecule has 0 radical (unpaired) electrons. The summed E-state index contributed by atoms with van der Waals surface area (Å²) in [7, 11) is 0. The van der Waals surface area contributed by atoms with Crippen molar-refractivity contribution in [3.63, 3.8) is 0 Å². The van der Waals surface area contributed by atoms with Crippen LogP contribution in [0.5, 0.6) is 5.75 Å². The average molecular weight is 420 g/mol. The van der Waals surface area contributed by atoms with Crippen molar-refractivity contribution in [3.05, 3.63) is 46.8 Å². The van der Waals surface area contributed by atoms with Gasteiger partial charge in [-0.2, -0.15) is 13.9 Å². The van der Waals surface area contributed by atoms with Crippen molar-refractivity contribution in [2.24, 2.45) is 0 Å². The number of alkyl halides is 2. The van der Waals surface area contributed by atoms with Crippen LogP contribution in [0.4, 0.5) is 8.78 Å². The summed E-state index contributed by atoms with van der Waals surface area (Å²) < 4.78 is 30.3. The fourth-order valence-electron chi connectivity index (χ4n) is 4.17. The molecule has 0 aliphatic carbocycles. The van der Waals surface area contributed by atoms with Gasteiger partial charge in [0, 0.05) is 24.1 Å². The topological polar surface area (TPSA) is 105 Å². The number of carbonyl (C=O) groups excluding carboxylic acids is 1. The second kappa shape index (κ2) is 8.02. The number of nitrogens with one attached hydrogen (secondary N) is 2. The molecule has 8 nitrogen and oxygen atoms in total. The van der Waals surface area contributed by atoms with Crippen LogP contribution < -0.4 is 15.4 Å². The summed E-state index contributed by atoms with van der Waals surface area (Å²) in [5.74, 6) is -1.27. The average Bonchev–Trinajstić information content (AvgIpc) is 3.06. The minimum atomic E-state index is -2.86. The molecule has 3 heterocycles. The Hall–Kier alpha value is -3.01. The third-order valence-corrected chi connectivity index (χ3v) is 5.48. The van der Waals surface area contributed by atoms with E-state index in [4.69, 9.17) is 0 Å². The highest BCUT2D eigenvalue weighted by atomic mass is 19.3. The summed E-state index contributed by atoms with van der Waals surface area (Å²) in [5.41, 5.74) is 2.72. The van der Waals surface area contributed by atoms with Crippen LogP contribution in [0.1, 0.15) is 52.7 Å². The molecule has 3 unspecified atom stereocenters. The smallest absolute Gasteiger partial charge is 0.387 e. The van der Waals surface area contributed by atoms with Crippen LogP contribution in [-0.4, -0.2) is 46.0 Å². The van der Waals surface area contributed by atoms with Gasteiger partial charge in [-0.3, -0.25) is 4.79 Å². The molecule has 4 rings (SSSR count). The van der Waals surface area contributed by atoms with Gasteiger partial charge in [0.1, 0.15) is 11.4 Å². The Labute approximate surface area is 171 Å². The van der Waals surface area contributed by atoms with Gasteiger partial charge in [-0.25, -0.2) is 9.48 Å². The van der Waals surface area contributed by atoms with Crippen molar-refractivity contribution in [1.82, 2.24) is 20.4 Å². The van der Waals surface area contributed by atoms with E-state index >= 15 is 0 Å². The van der Waals surface area contributed by atoms with Crippen molar-refractivity contribution in [2.75, 3.05) is 6.54 Å². The van der Waals surface area contributed by atoms with Crippen LogP contribution in [0.15, 0.2) is 24.3 Å². The summed E-state index contributed by atoms with van der Waals surface area (Å²) >= 11 is 0. The predicted octanol–water partition coefficient (Wildman–Crippen LogP) is 2.06. The molecule has 30 heavy (non-hydrogen) atoms. The van der Waals surface area contributed by atoms with Gasteiger partial charge < -0.3 is 20.5 Å². The third kappa shape index (κ3) is 3.87. The first-order chi connectivity index (χ1) is 14.3. The lowest BCUT2D eigenvalue weighted by Gasteiger charge is -2.30. The summed E-state index contributed by atoms with van der Waals surface area (Å²) in [4.78, 5) is 24.1. The first kappa shape index (κ1) is 20.3. The molecular weight excluding hydrogens is 398 g/mol. The fourth-order valence-corrected chi connectivity index (χ4v) is 4.17. The molecule has 1 amide bonds. The zero-order valence-corrected chi connectivity index (χ0v) is 16.3. The summed E-state index contributed by atoms with van der Waals surface area (Å²) in [6.07, 6.45) is 1.87. The van der Waals surface area contributed by atoms with E-state index in [1.54, 1.807) is 12.1 Å². The number of aliphatic carboxylic acids is 1. The lowest BCUT2D eigenvalue weighted by atomic mass is 9.90. The van der Waals surface area contributed by atoms with E-state index in [0.29, 0.717) is 25.0 Å². The van der Waals surface area contributed by atoms with E-state index in [-0.39, 0.29) is 30.3 Å². The highest BCUT2D eigenvalue weighted by Crippen LogP contribution is 2.34. The first-order valence-corrected chi connectivity index (χ1v) is 9.75. The SMILES string of the molecule is CC1Cc2nn3c(c2C(CCc2ccc(OC(F)F)cc2)N1)C(=O)NCC3C(=O)O. The van der Waals surface area contributed by atoms with Crippen LogP contribution in [0, 0.1) is 0 Å². The molecule has 3 atom stereocenters. The van der Waals surface area contributed by atoms with Gasteiger partial charge in [-0.1, -0.05) is 12.1 Å². The van der Waals surface area contributed by atoms with E-state index in [2.05, 4.69) is 20.5 Å². The maximum absolute atomic E-state index is 12.5. The number of carbonyl (C=O) groups is 2. The molecule has 0 fully saturated rings. The third-order valence-electron chi connectivity index (χ3n) is 5.48. The number of nitrogens with zero attached hydrogens (tertiary/aromatic N) is 2. The summed E-state index contributed by atoms with van der Waals surface area (Å²) in [6.45, 7) is -0.849. The van der Waals surface area contributed by atoms with Gasteiger partial charge >= 0.3 is 12.6 Å². The van der Waals surface area contributed by atoms with Crippen LogP contribution in [0.2, 0.25) is 0 Å². The second-order valence-electron chi connectivity index (χ2n) is 7.60. The number of rotatable bonds is 6. The summed E-state index contributed by atoms with van der Waals surface area (Å²) in [6, 6.07) is 5.46. The van der Waals surface area contributed by atoms with E-state index in [1.165, 1.54) is 16.8 Å². The number of hydrogen-bond donors (Lipinski definition) is 3. The Bertz CT molecular complexity index is 960. The molecular formula is C20H22F2N4O4. The predicted molar refractivity (Wildman–Crippen MR) is 102 cm³/mol. The van der Waals surface area contributed by atoms with Crippen molar-refractivity contribution in [2.45, 2.75) is 50.9 Å². The number of fused-ring (bicyclic) bond motifs is 3. The molecule has 2 aromatic rings. The summed E-state index contributed by atoms with van der Waals surface area (Å²) in [5, 5.41) is 20.1. The Morgan fingerprint density at radius 2 is 2.10 bits per heavy atom. The van der Waals surface area contributed by atoms with Crippen LogP contribution in [0.3, 0.4) is 0 Å². The van der Waals surface area contributed by atoms with E-state index in [1.807, 2.05) is 6.92 Å². The molecule has 2 aliphatic rings. The number of hydrogen-bond acceptors (Lipinski definition) is 5. The molecule has 0 saturated carbocycles. The Morgan fingerprint density at radius 3 is 2.77 bits per heavy atom. The number of carboxylic acids is 1. The Kier molecular flexibility index (Phi) is 5.42. The van der Waals surface area contributed by atoms with E-state index in [9.17, 15) is 23.5 Å². The number of carboxylic acid groups (broad SMARTS) is 1. The Morgan fingerprint density at radius 1 is 1.37 bits per heavy atom. The number of ether oxygens (including phenoxy) is 1. The van der Waals surface area contributed by atoms with Gasteiger partial charge in [-0.15, -0.1) is 0 Å². The van der Waals surface area contributed by atoms with Gasteiger partial charge in [-0.05, 0) is 37.5 Å². The van der Waals surface area contributed by atoms with Gasteiger partial charge in [0.25, 0.3) is 5.91 Å². The van der Waals surface area contributed by atoms with Crippen molar-refractivity contribution < 1.29 is 28.2 Å². The van der Waals surface area contributed by atoms with Gasteiger partial charge in [0.05, 0.1) is 12.2 Å². The van der Waals surface area contributed by atoms with E-state index in [0.717, 1.165) is 16.8 Å². The van der Waals surface area contributed by atoms with Crippen LogP contribution in [0.25, 0.3) is 0 Å². The zero-order chi connectivity index (χ0) is 21.4. The van der Waals surface area contributed by atoms with Gasteiger partial charge in [0.2, 0.25) is 0 Å². The number of aromatic nitrogens is 2. The largest absolute Gasteiger partial charge is 0.480 e. The number of benzene rings is 1. The lowest BCUT2D eigenvalue weighted by Crippen LogP contribution is -2.44. The number of halogens is 2. The minimum Gasteiger partial charge on any atom is -0.480 e. The highest BCUT2D eigenvalue weighted by molar-refractivity contribution is 5.96. The quantitative estimate of drug-likeness (QED) is 0.661. The molecule has 10 heteroatoms. The first-order valence-electron chi connectivity index (χ1n) is 9.75. The van der Waals surface area contributed by atoms with Crippen LogP contribution in [-0.2, 0) is 17.6 Å². The Balaban J connectivity index is 1.58. The lowest BCUT2D eigenvalue weighted by molar-refractivity contribution is -0.141. The second-order valence-corrected chi connectivity index (χ2v) is 7.60. The standard InChI is InChI=1S/C20H22F2N4O4/c1-10-8-14-16(17-18(27)23-9-15(19(28)29)26(17)25-14)13(24-10)7-4-11-2-5-12(6-3-11)30-20(21)22/h2-3,5-6,10,13,15,20,24H,4,7-9H2,1H3,(H,23,27)(H,28,29). The maximum atomic E-state index is 12.5. The van der Waals surface area contributed by atoms with Gasteiger partial charge in [0.15, 0.2) is 6.04 Å². The molecule has 2 aliphatic heterocycles. The molecule has 3 N–H and O–H groups in total. The zero-order valence-electron chi connectivity index (χ0n) is 16.3. The maximum Gasteiger partial charge on any atom is 0.387 e. The highest BCUT2D eigenvalue weighted by Gasteiger charge is 2.39. The molecule has 1 aromatic heterocycles. The van der Waals surface area contributed by atoms with Crippen molar-refractivity contribution >= 4 is 11.9 Å². The fraction of sp³-hybridized carbons (Fsp3) is 0.450. The number of aryl methyl sites for hydroxylation is 1. The molecule has 0 saturated heterocycles. The van der Waals surface area contributed by atoms with Crippen molar-refractivity contribution in [1.29, 1.82) is 0 Å². The van der Waals surface area contributed by atoms with Crippen LogP contribution >= 0.6 is 0 Å². The minimum absolute atomic E-state index is 0.00239. The molecule has 1 aromatic carbocycles. The van der Waals surface area contributed by atoms with Crippen molar-refractivity contribution in [3.8, 4) is 5.75 Å². The molecule has 160 valence electrons. The normalized spacial score (nSPS) is 22.9. The monoisotopic (exact) mass is 420 g/mol. The molecule has 0 spiro atoms.